The van der Waals surface area contributed by atoms with E-state index in [1.807, 2.05) is 32.0 Å². The smallest absolute Gasteiger partial charge is 0.293 e. The van der Waals surface area contributed by atoms with Gasteiger partial charge in [-0.3, -0.25) is 14.9 Å². The van der Waals surface area contributed by atoms with Gasteiger partial charge < -0.3 is 10.6 Å². The van der Waals surface area contributed by atoms with Crippen molar-refractivity contribution in [1.29, 1.82) is 0 Å². The minimum Gasteiger partial charge on any atom is -0.376 e. The van der Waals surface area contributed by atoms with Crippen molar-refractivity contribution in [3.8, 4) is 0 Å². The van der Waals surface area contributed by atoms with E-state index in [-0.39, 0.29) is 23.8 Å². The number of amides is 1. The van der Waals surface area contributed by atoms with E-state index in [0.29, 0.717) is 0 Å². The van der Waals surface area contributed by atoms with E-state index in [0.717, 1.165) is 22.4 Å². The van der Waals surface area contributed by atoms with Gasteiger partial charge in [0.2, 0.25) is 5.91 Å². The number of aryl methyl sites for hydroxylation is 3. The van der Waals surface area contributed by atoms with Crippen LogP contribution in [-0.2, 0) is 4.79 Å². The van der Waals surface area contributed by atoms with Gasteiger partial charge in [-0.05, 0) is 55.7 Å². The summed E-state index contributed by atoms with van der Waals surface area (Å²) in [7, 11) is 0. The van der Waals surface area contributed by atoms with Crippen LogP contribution in [0.3, 0.4) is 0 Å². The first kappa shape index (κ1) is 16.5. The van der Waals surface area contributed by atoms with Gasteiger partial charge in [-0.25, -0.2) is 0 Å². The molecule has 0 saturated heterocycles. The maximum atomic E-state index is 12.0. The number of nitro benzene ring substituents is 1. The zero-order valence-electron chi connectivity index (χ0n) is 13.3. The van der Waals surface area contributed by atoms with Crippen LogP contribution in [0, 0.1) is 30.9 Å². The van der Waals surface area contributed by atoms with Gasteiger partial charge in [0.15, 0.2) is 0 Å². The molecule has 0 radical (unpaired) electrons. The molecule has 23 heavy (non-hydrogen) atoms. The molecule has 0 saturated carbocycles. The molecule has 120 valence electrons. The molecule has 0 spiro atoms. The molecule has 0 fully saturated rings. The highest BCUT2D eigenvalue weighted by Gasteiger charge is 2.15. The zero-order valence-corrected chi connectivity index (χ0v) is 13.3. The number of nitrogens with one attached hydrogen (secondary N) is 2. The molecule has 2 aromatic rings. The summed E-state index contributed by atoms with van der Waals surface area (Å²) in [4.78, 5) is 22.6. The Balaban J connectivity index is 2.04. The SMILES string of the molecule is Cc1cc(C)cc(NCC(=O)Nc2ccc(C)cc2[N+](=O)[O-])c1. The van der Waals surface area contributed by atoms with Gasteiger partial charge in [-0.2, -0.15) is 0 Å². The molecule has 2 aromatic carbocycles. The average Bonchev–Trinajstić information content (AvgIpc) is 2.46. The molecule has 0 aliphatic heterocycles. The molecule has 0 aromatic heterocycles. The fraction of sp³-hybridized carbons (Fsp3) is 0.235. The third-order valence-electron chi connectivity index (χ3n) is 3.30. The second-order valence-electron chi connectivity index (χ2n) is 5.56. The van der Waals surface area contributed by atoms with Crippen LogP contribution in [0.5, 0.6) is 0 Å². The van der Waals surface area contributed by atoms with Crippen molar-refractivity contribution < 1.29 is 9.72 Å². The Morgan fingerprint density at radius 1 is 1.04 bits per heavy atom. The third-order valence-corrected chi connectivity index (χ3v) is 3.30. The Bertz CT molecular complexity index is 736. The number of carbonyl (C=O) groups excluding carboxylic acids is 1. The second kappa shape index (κ2) is 6.91. The Morgan fingerprint density at radius 3 is 2.30 bits per heavy atom. The highest BCUT2D eigenvalue weighted by molar-refractivity contribution is 5.95. The Labute approximate surface area is 134 Å². The van der Waals surface area contributed by atoms with Gasteiger partial charge in [0.1, 0.15) is 5.69 Å². The van der Waals surface area contributed by atoms with Crippen LogP contribution >= 0.6 is 0 Å². The highest BCUT2D eigenvalue weighted by atomic mass is 16.6. The maximum absolute atomic E-state index is 12.0. The second-order valence-corrected chi connectivity index (χ2v) is 5.56. The standard InChI is InChI=1S/C17H19N3O3/c1-11-4-5-15(16(9-11)20(22)23)19-17(21)10-18-14-7-12(2)6-13(3)8-14/h4-9,18H,10H2,1-3H3,(H,19,21). The molecule has 2 rings (SSSR count). The van der Waals surface area contributed by atoms with Crippen molar-refractivity contribution in [2.75, 3.05) is 17.2 Å². The number of benzene rings is 2. The normalized spacial score (nSPS) is 10.2. The number of nitro groups is 1. The summed E-state index contributed by atoms with van der Waals surface area (Å²) < 4.78 is 0. The lowest BCUT2D eigenvalue weighted by molar-refractivity contribution is -0.384. The summed E-state index contributed by atoms with van der Waals surface area (Å²) in [6.45, 7) is 5.76. The van der Waals surface area contributed by atoms with Crippen molar-refractivity contribution >= 4 is 23.0 Å². The molecule has 0 bridgehead atoms. The van der Waals surface area contributed by atoms with E-state index in [1.54, 1.807) is 19.1 Å². The van der Waals surface area contributed by atoms with Crippen LogP contribution in [0.4, 0.5) is 17.1 Å². The monoisotopic (exact) mass is 313 g/mol. The number of hydrogen-bond donors (Lipinski definition) is 2. The number of hydrogen-bond acceptors (Lipinski definition) is 4. The van der Waals surface area contributed by atoms with Gasteiger partial charge in [0.25, 0.3) is 5.69 Å². The quantitative estimate of drug-likeness (QED) is 0.653. The fourth-order valence-corrected chi connectivity index (χ4v) is 2.35. The summed E-state index contributed by atoms with van der Waals surface area (Å²) in [5.41, 5.74) is 3.90. The van der Waals surface area contributed by atoms with E-state index < -0.39 is 4.92 Å². The minimum atomic E-state index is -0.500. The Kier molecular flexibility index (Phi) is 4.95. The summed E-state index contributed by atoms with van der Waals surface area (Å²) in [6.07, 6.45) is 0. The lowest BCUT2D eigenvalue weighted by atomic mass is 10.1. The van der Waals surface area contributed by atoms with Gasteiger partial charge in [0.05, 0.1) is 11.5 Å². The lowest BCUT2D eigenvalue weighted by Gasteiger charge is -2.10. The van der Waals surface area contributed by atoms with E-state index in [1.165, 1.54) is 6.07 Å². The first-order valence-electron chi connectivity index (χ1n) is 7.22. The first-order valence-corrected chi connectivity index (χ1v) is 7.22. The van der Waals surface area contributed by atoms with Crippen LogP contribution < -0.4 is 10.6 Å². The summed E-state index contributed by atoms with van der Waals surface area (Å²) in [5, 5.41) is 16.6. The molecule has 1 amide bonds. The molecule has 2 N–H and O–H groups in total. The Morgan fingerprint density at radius 2 is 1.70 bits per heavy atom. The first-order chi connectivity index (χ1) is 10.8. The van der Waals surface area contributed by atoms with Crippen molar-refractivity contribution in [3.63, 3.8) is 0 Å². The molecule has 0 atom stereocenters. The van der Waals surface area contributed by atoms with E-state index >= 15 is 0 Å². The average molecular weight is 313 g/mol. The third kappa shape index (κ3) is 4.54. The summed E-state index contributed by atoms with van der Waals surface area (Å²) in [6, 6.07) is 10.6. The van der Waals surface area contributed by atoms with Gasteiger partial charge in [0, 0.05) is 11.8 Å². The topological polar surface area (TPSA) is 84.3 Å². The van der Waals surface area contributed by atoms with Crippen LogP contribution in [0.15, 0.2) is 36.4 Å². The number of nitrogens with zero attached hydrogens (tertiary/aromatic N) is 1. The molecular formula is C17H19N3O3. The highest BCUT2D eigenvalue weighted by Crippen LogP contribution is 2.25. The largest absolute Gasteiger partial charge is 0.376 e. The predicted octanol–water partition coefficient (Wildman–Crippen LogP) is 3.57. The van der Waals surface area contributed by atoms with Crippen LogP contribution in [0.2, 0.25) is 0 Å². The number of rotatable bonds is 5. The van der Waals surface area contributed by atoms with Crippen molar-refractivity contribution in [2.24, 2.45) is 0 Å². The Hall–Kier alpha value is -2.89. The number of carbonyl (C=O) groups is 1. The molecule has 0 aliphatic rings. The summed E-state index contributed by atoms with van der Waals surface area (Å²) in [5.74, 6) is -0.337. The molecular weight excluding hydrogens is 294 g/mol. The van der Waals surface area contributed by atoms with E-state index in [2.05, 4.69) is 10.6 Å². The molecule has 6 heteroatoms. The lowest BCUT2D eigenvalue weighted by Crippen LogP contribution is -2.22. The summed E-state index contributed by atoms with van der Waals surface area (Å²) >= 11 is 0. The van der Waals surface area contributed by atoms with Crippen molar-refractivity contribution in [2.45, 2.75) is 20.8 Å². The molecule has 0 heterocycles. The predicted molar refractivity (Wildman–Crippen MR) is 90.9 cm³/mol. The van der Waals surface area contributed by atoms with E-state index in [9.17, 15) is 14.9 Å². The molecule has 6 nitrogen and oxygen atoms in total. The van der Waals surface area contributed by atoms with Crippen molar-refractivity contribution in [1.82, 2.24) is 0 Å². The van der Waals surface area contributed by atoms with Gasteiger partial charge in [-0.15, -0.1) is 0 Å². The van der Waals surface area contributed by atoms with Gasteiger partial charge in [-0.1, -0.05) is 12.1 Å². The number of anilines is 2. The fourth-order valence-electron chi connectivity index (χ4n) is 2.35. The van der Waals surface area contributed by atoms with Crippen LogP contribution in [-0.4, -0.2) is 17.4 Å². The molecule has 0 aliphatic carbocycles. The van der Waals surface area contributed by atoms with Gasteiger partial charge >= 0.3 is 0 Å². The minimum absolute atomic E-state index is 0.0356. The molecule has 0 unspecified atom stereocenters. The van der Waals surface area contributed by atoms with E-state index in [4.69, 9.17) is 0 Å². The van der Waals surface area contributed by atoms with Crippen molar-refractivity contribution in [3.05, 3.63) is 63.2 Å². The zero-order chi connectivity index (χ0) is 17.0. The van der Waals surface area contributed by atoms with Crippen LogP contribution in [0.1, 0.15) is 16.7 Å². The van der Waals surface area contributed by atoms with Crippen LogP contribution in [0.25, 0.3) is 0 Å². The maximum Gasteiger partial charge on any atom is 0.293 e.